The maximum atomic E-state index is 12.5. The van der Waals surface area contributed by atoms with Crippen molar-refractivity contribution in [1.29, 1.82) is 5.41 Å². The SMILES string of the molecule is Cc1nn(C)c(C)c1S(=O)(=O)N(C)C(C)C(=N)N. The second kappa shape index (κ2) is 4.69. The van der Waals surface area contributed by atoms with E-state index in [1.807, 2.05) is 0 Å². The monoisotopic (exact) mass is 273 g/mol. The van der Waals surface area contributed by atoms with E-state index in [-0.39, 0.29) is 10.7 Å². The van der Waals surface area contributed by atoms with E-state index in [9.17, 15) is 8.42 Å². The van der Waals surface area contributed by atoms with Crippen LogP contribution in [0.1, 0.15) is 18.3 Å². The molecule has 3 N–H and O–H groups in total. The van der Waals surface area contributed by atoms with E-state index < -0.39 is 16.1 Å². The number of aromatic nitrogens is 2. The normalized spacial score (nSPS) is 13.9. The third-order valence-electron chi connectivity index (χ3n) is 3.08. The molecular formula is C10H19N5O2S. The Morgan fingerprint density at radius 1 is 1.50 bits per heavy atom. The van der Waals surface area contributed by atoms with E-state index in [1.54, 1.807) is 27.8 Å². The van der Waals surface area contributed by atoms with Crippen LogP contribution < -0.4 is 5.73 Å². The van der Waals surface area contributed by atoms with Gasteiger partial charge in [-0.1, -0.05) is 0 Å². The summed E-state index contributed by atoms with van der Waals surface area (Å²) in [6, 6.07) is -0.686. The number of hydrogen-bond donors (Lipinski definition) is 2. The topological polar surface area (TPSA) is 105 Å². The third kappa shape index (κ3) is 2.25. The number of amidine groups is 1. The summed E-state index contributed by atoms with van der Waals surface area (Å²) in [6.07, 6.45) is 0. The van der Waals surface area contributed by atoms with Crippen LogP contribution in [0, 0.1) is 19.3 Å². The van der Waals surface area contributed by atoms with Gasteiger partial charge in [0.1, 0.15) is 10.7 Å². The molecule has 1 aromatic rings. The molecule has 0 saturated carbocycles. The van der Waals surface area contributed by atoms with Crippen molar-refractivity contribution >= 4 is 15.9 Å². The van der Waals surface area contributed by atoms with Crippen LogP contribution >= 0.6 is 0 Å². The number of sulfonamides is 1. The maximum Gasteiger partial charge on any atom is 0.247 e. The summed E-state index contributed by atoms with van der Waals surface area (Å²) in [4.78, 5) is 0.181. The van der Waals surface area contributed by atoms with E-state index in [1.165, 1.54) is 11.7 Å². The summed E-state index contributed by atoms with van der Waals surface area (Å²) in [6.45, 7) is 4.91. The lowest BCUT2D eigenvalue weighted by Crippen LogP contribution is -2.43. The molecule has 0 bridgehead atoms. The largest absolute Gasteiger partial charge is 0.386 e. The van der Waals surface area contributed by atoms with Gasteiger partial charge in [0.15, 0.2) is 0 Å². The highest BCUT2D eigenvalue weighted by Gasteiger charge is 2.31. The van der Waals surface area contributed by atoms with Crippen molar-refractivity contribution in [2.75, 3.05) is 7.05 Å². The Bertz CT molecular complexity index is 575. The minimum atomic E-state index is -3.69. The highest BCUT2D eigenvalue weighted by atomic mass is 32.2. The first kappa shape index (κ1) is 14.7. The van der Waals surface area contributed by atoms with E-state index in [4.69, 9.17) is 11.1 Å². The van der Waals surface area contributed by atoms with Gasteiger partial charge in [0.05, 0.1) is 17.4 Å². The second-order valence-electron chi connectivity index (χ2n) is 4.28. The predicted molar refractivity (Wildman–Crippen MR) is 69.0 cm³/mol. The second-order valence-corrected chi connectivity index (χ2v) is 6.21. The van der Waals surface area contributed by atoms with E-state index >= 15 is 0 Å². The Labute approximate surface area is 107 Å². The van der Waals surface area contributed by atoms with Crippen molar-refractivity contribution in [3.63, 3.8) is 0 Å². The standard InChI is InChI=1S/C10H19N5O2S/c1-6-9(7(2)14(4)13-6)18(16,17)15(5)8(3)10(11)12/h8H,1-5H3,(H3,11,12). The Kier molecular flexibility index (Phi) is 3.82. The Morgan fingerprint density at radius 3 is 2.33 bits per heavy atom. The molecule has 1 atom stereocenters. The zero-order valence-electron chi connectivity index (χ0n) is 11.2. The van der Waals surface area contributed by atoms with Gasteiger partial charge in [-0.3, -0.25) is 10.1 Å². The molecule has 1 unspecified atom stereocenters. The van der Waals surface area contributed by atoms with Crippen molar-refractivity contribution in [3.05, 3.63) is 11.4 Å². The van der Waals surface area contributed by atoms with Crippen LogP contribution in [0.2, 0.25) is 0 Å². The molecule has 0 spiro atoms. The Balaban J connectivity index is 3.34. The zero-order valence-corrected chi connectivity index (χ0v) is 12.0. The van der Waals surface area contributed by atoms with E-state index in [2.05, 4.69) is 5.10 Å². The van der Waals surface area contributed by atoms with Gasteiger partial charge in [0.25, 0.3) is 0 Å². The molecule has 0 aromatic carbocycles. The molecule has 0 amide bonds. The molecule has 0 radical (unpaired) electrons. The van der Waals surface area contributed by atoms with Crippen LogP contribution in [0.5, 0.6) is 0 Å². The van der Waals surface area contributed by atoms with Gasteiger partial charge in [-0.2, -0.15) is 9.40 Å². The highest BCUT2D eigenvalue weighted by molar-refractivity contribution is 7.89. The quantitative estimate of drug-likeness (QED) is 0.594. The molecule has 0 aliphatic carbocycles. The molecule has 0 saturated heterocycles. The molecule has 0 fully saturated rings. The fraction of sp³-hybridized carbons (Fsp3) is 0.600. The predicted octanol–water partition coefficient (Wildman–Crippen LogP) is -0.0181. The summed E-state index contributed by atoms with van der Waals surface area (Å²) < 4.78 is 27.5. The number of aryl methyl sites for hydroxylation is 2. The first-order valence-corrected chi connectivity index (χ1v) is 6.86. The summed E-state index contributed by atoms with van der Waals surface area (Å²) in [5, 5.41) is 11.4. The van der Waals surface area contributed by atoms with Crippen LogP contribution in [0.4, 0.5) is 0 Å². The Hall–Kier alpha value is -1.41. The number of likely N-dealkylation sites (N-methyl/N-ethyl adjacent to an activating group) is 1. The molecule has 1 heterocycles. The lowest BCUT2D eigenvalue weighted by atomic mass is 10.3. The van der Waals surface area contributed by atoms with Crippen molar-refractivity contribution in [3.8, 4) is 0 Å². The van der Waals surface area contributed by atoms with Gasteiger partial charge in [-0.25, -0.2) is 8.42 Å². The molecular weight excluding hydrogens is 254 g/mol. The molecule has 1 rings (SSSR count). The molecule has 102 valence electrons. The molecule has 18 heavy (non-hydrogen) atoms. The van der Waals surface area contributed by atoms with Gasteiger partial charge in [-0.05, 0) is 20.8 Å². The third-order valence-corrected chi connectivity index (χ3v) is 5.26. The number of nitrogens with two attached hydrogens (primary N) is 1. The lowest BCUT2D eigenvalue weighted by molar-refractivity contribution is 0.447. The summed E-state index contributed by atoms with van der Waals surface area (Å²) in [5.41, 5.74) is 6.36. The van der Waals surface area contributed by atoms with Crippen LogP contribution in [0.3, 0.4) is 0 Å². The molecule has 0 aliphatic rings. The van der Waals surface area contributed by atoms with Crippen LogP contribution in [-0.4, -0.2) is 41.4 Å². The van der Waals surface area contributed by atoms with Crippen LogP contribution in [0.15, 0.2) is 4.90 Å². The minimum absolute atomic E-state index is 0.181. The summed E-state index contributed by atoms with van der Waals surface area (Å²) in [5.74, 6) is -0.194. The van der Waals surface area contributed by atoms with Crippen molar-refractivity contribution < 1.29 is 8.42 Å². The smallest absolute Gasteiger partial charge is 0.247 e. The van der Waals surface area contributed by atoms with Crippen molar-refractivity contribution in [1.82, 2.24) is 14.1 Å². The Morgan fingerprint density at radius 2 is 2.00 bits per heavy atom. The van der Waals surface area contributed by atoms with Gasteiger partial charge < -0.3 is 5.73 Å². The summed E-state index contributed by atoms with van der Waals surface area (Å²) >= 11 is 0. The number of rotatable bonds is 4. The first-order chi connectivity index (χ1) is 8.10. The maximum absolute atomic E-state index is 12.5. The molecule has 1 aromatic heterocycles. The minimum Gasteiger partial charge on any atom is -0.386 e. The average Bonchev–Trinajstić information content (AvgIpc) is 2.50. The number of nitrogens with one attached hydrogen (secondary N) is 1. The first-order valence-electron chi connectivity index (χ1n) is 5.42. The average molecular weight is 273 g/mol. The van der Waals surface area contributed by atoms with Gasteiger partial charge >= 0.3 is 0 Å². The van der Waals surface area contributed by atoms with Gasteiger partial charge in [0.2, 0.25) is 10.0 Å². The molecule has 7 nitrogen and oxygen atoms in total. The molecule has 0 aliphatic heterocycles. The van der Waals surface area contributed by atoms with Crippen molar-refractivity contribution in [2.45, 2.75) is 31.7 Å². The van der Waals surface area contributed by atoms with Crippen LogP contribution in [0.25, 0.3) is 0 Å². The highest BCUT2D eigenvalue weighted by Crippen LogP contribution is 2.23. The number of hydrogen-bond acceptors (Lipinski definition) is 4. The van der Waals surface area contributed by atoms with E-state index in [0.29, 0.717) is 11.4 Å². The summed E-state index contributed by atoms with van der Waals surface area (Å²) in [7, 11) is -0.594. The number of nitrogens with zero attached hydrogens (tertiary/aromatic N) is 3. The fourth-order valence-electron chi connectivity index (χ4n) is 1.68. The van der Waals surface area contributed by atoms with E-state index in [0.717, 1.165) is 4.31 Å². The van der Waals surface area contributed by atoms with Crippen LogP contribution in [-0.2, 0) is 17.1 Å². The lowest BCUT2D eigenvalue weighted by Gasteiger charge is -2.23. The fourth-order valence-corrected chi connectivity index (χ4v) is 3.41. The van der Waals surface area contributed by atoms with Gasteiger partial charge in [-0.15, -0.1) is 0 Å². The zero-order chi connectivity index (χ0) is 14.2. The molecule has 8 heteroatoms. The van der Waals surface area contributed by atoms with Crippen molar-refractivity contribution in [2.24, 2.45) is 12.8 Å². The van der Waals surface area contributed by atoms with Gasteiger partial charge in [0, 0.05) is 14.1 Å².